The molecule has 1 aliphatic rings. The fourth-order valence-electron chi connectivity index (χ4n) is 3.11. The second-order valence-corrected chi connectivity index (χ2v) is 8.21. The van der Waals surface area contributed by atoms with Crippen LogP contribution in [-0.4, -0.2) is 27.1 Å². The standard InChI is InChI=1S/C17H28N2O3S/c1-13(2)22-15-8-10-16(11-9-15)23(20,21)19-17(12-18)14-6-4-3-5-7-14/h8-11,13-14,17,19H,3-7,12,18H2,1-2H3. The molecule has 1 aromatic carbocycles. The highest BCUT2D eigenvalue weighted by Gasteiger charge is 2.27. The Balaban J connectivity index is 2.07. The monoisotopic (exact) mass is 340 g/mol. The van der Waals surface area contributed by atoms with Crippen molar-refractivity contribution in [3.8, 4) is 5.75 Å². The van der Waals surface area contributed by atoms with Crippen molar-refractivity contribution in [3.63, 3.8) is 0 Å². The zero-order valence-corrected chi connectivity index (χ0v) is 14.8. The van der Waals surface area contributed by atoms with Crippen molar-refractivity contribution in [3.05, 3.63) is 24.3 Å². The highest BCUT2D eigenvalue weighted by atomic mass is 32.2. The molecule has 0 amide bonds. The molecule has 0 radical (unpaired) electrons. The third-order valence-electron chi connectivity index (χ3n) is 4.29. The first-order valence-electron chi connectivity index (χ1n) is 8.41. The number of sulfonamides is 1. The van der Waals surface area contributed by atoms with Gasteiger partial charge in [-0.25, -0.2) is 13.1 Å². The van der Waals surface area contributed by atoms with E-state index in [-0.39, 0.29) is 17.0 Å². The molecule has 5 nitrogen and oxygen atoms in total. The Kier molecular flexibility index (Phi) is 6.44. The van der Waals surface area contributed by atoms with Crippen LogP contribution in [0.1, 0.15) is 46.0 Å². The summed E-state index contributed by atoms with van der Waals surface area (Å²) in [6.07, 6.45) is 5.70. The minimum Gasteiger partial charge on any atom is -0.491 e. The number of hydrogen-bond acceptors (Lipinski definition) is 4. The van der Waals surface area contributed by atoms with E-state index in [1.165, 1.54) is 6.42 Å². The Hall–Kier alpha value is -1.11. The fourth-order valence-corrected chi connectivity index (χ4v) is 4.43. The van der Waals surface area contributed by atoms with E-state index in [1.54, 1.807) is 24.3 Å². The van der Waals surface area contributed by atoms with Gasteiger partial charge in [-0.05, 0) is 56.9 Å². The predicted octanol–water partition coefficient (Wildman–Crippen LogP) is 2.66. The maximum absolute atomic E-state index is 12.6. The summed E-state index contributed by atoms with van der Waals surface area (Å²) in [5.74, 6) is 1.01. The lowest BCUT2D eigenvalue weighted by molar-refractivity contribution is 0.242. The molecular formula is C17H28N2O3S. The molecule has 1 atom stereocenters. The van der Waals surface area contributed by atoms with E-state index in [1.807, 2.05) is 13.8 Å². The topological polar surface area (TPSA) is 81.4 Å². The lowest BCUT2D eigenvalue weighted by Crippen LogP contribution is -2.45. The molecule has 0 spiro atoms. The Morgan fingerprint density at radius 2 is 1.78 bits per heavy atom. The zero-order chi connectivity index (χ0) is 16.9. The minimum absolute atomic E-state index is 0.0588. The molecule has 1 aliphatic carbocycles. The second kappa shape index (κ2) is 8.13. The molecule has 6 heteroatoms. The van der Waals surface area contributed by atoms with Gasteiger partial charge in [0.05, 0.1) is 11.0 Å². The highest BCUT2D eigenvalue weighted by molar-refractivity contribution is 7.89. The van der Waals surface area contributed by atoms with Gasteiger partial charge in [0.2, 0.25) is 10.0 Å². The highest BCUT2D eigenvalue weighted by Crippen LogP contribution is 2.27. The SMILES string of the molecule is CC(C)Oc1ccc(S(=O)(=O)NC(CN)C2CCCCC2)cc1. The van der Waals surface area contributed by atoms with Crippen LogP contribution in [0.25, 0.3) is 0 Å². The van der Waals surface area contributed by atoms with Gasteiger partial charge in [-0.3, -0.25) is 0 Å². The molecule has 3 N–H and O–H groups in total. The quantitative estimate of drug-likeness (QED) is 0.799. The Bertz CT molecular complexity index is 578. The van der Waals surface area contributed by atoms with Gasteiger partial charge >= 0.3 is 0 Å². The molecule has 23 heavy (non-hydrogen) atoms. The Labute approximate surface area is 139 Å². The first-order valence-corrected chi connectivity index (χ1v) is 9.90. The van der Waals surface area contributed by atoms with Gasteiger partial charge < -0.3 is 10.5 Å². The molecule has 0 saturated heterocycles. The summed E-state index contributed by atoms with van der Waals surface area (Å²) in [7, 11) is -3.55. The van der Waals surface area contributed by atoms with Gasteiger partial charge in [0.25, 0.3) is 0 Å². The van der Waals surface area contributed by atoms with Crippen molar-refractivity contribution in [2.45, 2.75) is 63.0 Å². The van der Waals surface area contributed by atoms with Crippen LogP contribution in [0.15, 0.2) is 29.2 Å². The average Bonchev–Trinajstić information content (AvgIpc) is 2.53. The summed E-state index contributed by atoms with van der Waals surface area (Å²) in [5, 5.41) is 0. The van der Waals surface area contributed by atoms with Gasteiger partial charge in [-0.1, -0.05) is 19.3 Å². The van der Waals surface area contributed by atoms with Crippen LogP contribution >= 0.6 is 0 Å². The smallest absolute Gasteiger partial charge is 0.240 e. The molecule has 1 unspecified atom stereocenters. The second-order valence-electron chi connectivity index (χ2n) is 6.50. The van der Waals surface area contributed by atoms with E-state index in [9.17, 15) is 8.42 Å². The normalized spacial score (nSPS) is 18.1. The van der Waals surface area contributed by atoms with E-state index in [4.69, 9.17) is 10.5 Å². The number of rotatable bonds is 7. The van der Waals surface area contributed by atoms with Crippen LogP contribution in [0, 0.1) is 5.92 Å². The lowest BCUT2D eigenvalue weighted by atomic mass is 9.84. The average molecular weight is 340 g/mol. The summed E-state index contributed by atoms with van der Waals surface area (Å²) in [6, 6.07) is 6.34. The van der Waals surface area contributed by atoms with Gasteiger partial charge in [-0.15, -0.1) is 0 Å². The van der Waals surface area contributed by atoms with Crippen molar-refractivity contribution in [1.29, 1.82) is 0 Å². The number of benzene rings is 1. The fraction of sp³-hybridized carbons (Fsp3) is 0.647. The molecule has 0 heterocycles. The molecular weight excluding hydrogens is 312 g/mol. The van der Waals surface area contributed by atoms with Crippen LogP contribution < -0.4 is 15.2 Å². The van der Waals surface area contributed by atoms with E-state index in [0.29, 0.717) is 18.2 Å². The maximum atomic E-state index is 12.6. The molecule has 0 aromatic heterocycles. The summed E-state index contributed by atoms with van der Waals surface area (Å²) < 4.78 is 33.5. The predicted molar refractivity (Wildman–Crippen MR) is 91.9 cm³/mol. The molecule has 0 aliphatic heterocycles. The molecule has 1 aromatic rings. The number of hydrogen-bond donors (Lipinski definition) is 2. The lowest BCUT2D eigenvalue weighted by Gasteiger charge is -2.29. The summed E-state index contributed by atoms with van der Waals surface area (Å²) >= 11 is 0. The zero-order valence-electron chi connectivity index (χ0n) is 14.0. The van der Waals surface area contributed by atoms with E-state index in [2.05, 4.69) is 4.72 Å². The molecule has 1 fully saturated rings. The van der Waals surface area contributed by atoms with E-state index >= 15 is 0 Å². The Morgan fingerprint density at radius 3 is 2.30 bits per heavy atom. The van der Waals surface area contributed by atoms with Crippen LogP contribution in [0.4, 0.5) is 0 Å². The van der Waals surface area contributed by atoms with Crippen LogP contribution in [-0.2, 0) is 10.0 Å². The van der Waals surface area contributed by atoms with Crippen LogP contribution in [0.3, 0.4) is 0 Å². The van der Waals surface area contributed by atoms with Gasteiger partial charge in [0, 0.05) is 12.6 Å². The number of nitrogens with one attached hydrogen (secondary N) is 1. The van der Waals surface area contributed by atoms with Gasteiger partial charge in [0.1, 0.15) is 5.75 Å². The summed E-state index contributed by atoms with van der Waals surface area (Å²) in [4.78, 5) is 0.253. The van der Waals surface area contributed by atoms with Crippen molar-refractivity contribution in [2.24, 2.45) is 11.7 Å². The molecule has 2 rings (SSSR count). The third kappa shape index (κ3) is 5.19. The van der Waals surface area contributed by atoms with Crippen molar-refractivity contribution in [2.75, 3.05) is 6.54 Å². The largest absolute Gasteiger partial charge is 0.491 e. The summed E-state index contributed by atoms with van der Waals surface area (Å²) in [6.45, 7) is 4.20. The van der Waals surface area contributed by atoms with Crippen molar-refractivity contribution in [1.82, 2.24) is 4.72 Å². The van der Waals surface area contributed by atoms with Crippen molar-refractivity contribution >= 4 is 10.0 Å². The summed E-state index contributed by atoms with van der Waals surface area (Å²) in [5.41, 5.74) is 5.82. The van der Waals surface area contributed by atoms with Crippen molar-refractivity contribution < 1.29 is 13.2 Å². The molecule has 1 saturated carbocycles. The molecule has 0 bridgehead atoms. The first-order chi connectivity index (χ1) is 10.9. The minimum atomic E-state index is -3.55. The van der Waals surface area contributed by atoms with E-state index < -0.39 is 10.0 Å². The Morgan fingerprint density at radius 1 is 1.17 bits per heavy atom. The number of ether oxygens (including phenoxy) is 1. The van der Waals surface area contributed by atoms with Gasteiger partial charge in [-0.2, -0.15) is 0 Å². The number of nitrogens with two attached hydrogens (primary N) is 1. The van der Waals surface area contributed by atoms with Crippen LogP contribution in [0.2, 0.25) is 0 Å². The first kappa shape index (κ1) is 18.2. The molecule has 130 valence electrons. The van der Waals surface area contributed by atoms with Gasteiger partial charge in [0.15, 0.2) is 0 Å². The van der Waals surface area contributed by atoms with E-state index in [0.717, 1.165) is 25.7 Å². The van der Waals surface area contributed by atoms with Crippen LogP contribution in [0.5, 0.6) is 5.75 Å². The maximum Gasteiger partial charge on any atom is 0.240 e. The third-order valence-corrected chi connectivity index (χ3v) is 5.79.